The van der Waals surface area contributed by atoms with Gasteiger partial charge in [0.1, 0.15) is 0 Å². The molecule has 0 rings (SSSR count). The molecular formula is C8H4F16O2. The average molecular weight is 436 g/mol. The summed E-state index contributed by atoms with van der Waals surface area (Å²) in [6, 6.07) is 0. The Morgan fingerprint density at radius 1 is 0.385 bits per heavy atom. The molecule has 0 amide bonds. The summed E-state index contributed by atoms with van der Waals surface area (Å²) in [5.74, 6) is -12.4. The zero-order chi connectivity index (χ0) is 22.2. The average Bonchev–Trinajstić information content (AvgIpc) is 2.32. The second-order valence-corrected chi connectivity index (χ2v) is 4.13. The van der Waals surface area contributed by atoms with Crippen molar-refractivity contribution in [2.24, 2.45) is 0 Å². The van der Waals surface area contributed by atoms with Crippen LogP contribution in [0, 0.1) is 0 Å². The van der Waals surface area contributed by atoms with E-state index in [2.05, 4.69) is 0 Å². The van der Waals surface area contributed by atoms with E-state index in [1.54, 1.807) is 0 Å². The van der Waals surface area contributed by atoms with Gasteiger partial charge >= 0.3 is 36.6 Å². The fourth-order valence-corrected chi connectivity index (χ4v) is 0.721. The molecule has 2 N–H and O–H groups in total. The van der Waals surface area contributed by atoms with E-state index in [4.69, 9.17) is 10.2 Å². The van der Waals surface area contributed by atoms with Gasteiger partial charge in [0.15, 0.2) is 0 Å². The smallest absolute Gasteiger partial charge is 0.379 e. The predicted octanol–water partition coefficient (Wildman–Crippen LogP) is 4.21. The molecule has 18 heteroatoms. The van der Waals surface area contributed by atoms with Crippen molar-refractivity contribution >= 4 is 0 Å². The van der Waals surface area contributed by atoms with Gasteiger partial charge in [-0.25, -0.2) is 0 Å². The monoisotopic (exact) mass is 436 g/mol. The number of alkyl halides is 16. The molecule has 0 aromatic heterocycles. The van der Waals surface area contributed by atoms with Crippen LogP contribution in [0.4, 0.5) is 70.2 Å². The van der Waals surface area contributed by atoms with E-state index in [0.29, 0.717) is 0 Å². The Kier molecular flexibility index (Phi) is 7.72. The Morgan fingerprint density at radius 2 is 0.538 bits per heavy atom. The molecule has 26 heavy (non-hydrogen) atoms. The van der Waals surface area contributed by atoms with E-state index in [0.717, 1.165) is 0 Å². The van der Waals surface area contributed by atoms with Gasteiger partial charge < -0.3 is 10.2 Å². The molecule has 2 atom stereocenters. The third kappa shape index (κ3) is 6.51. The van der Waals surface area contributed by atoms with E-state index in [1.807, 2.05) is 0 Å². The Bertz CT molecular complexity index is 397. The number of aliphatic hydroxyl groups is 2. The third-order valence-electron chi connectivity index (χ3n) is 2.06. The van der Waals surface area contributed by atoms with E-state index >= 15 is 0 Å². The minimum absolute atomic E-state index is 4.74. The molecule has 0 saturated carbocycles. The molecule has 160 valence electrons. The number of halogens is 16. The minimum Gasteiger partial charge on any atom is -0.379 e. The maximum atomic E-state index is 11.7. The molecule has 0 aliphatic heterocycles. The maximum Gasteiger partial charge on any atom is 0.456 e. The Morgan fingerprint density at radius 3 is 0.577 bits per heavy atom. The van der Waals surface area contributed by atoms with Crippen LogP contribution >= 0.6 is 0 Å². The summed E-state index contributed by atoms with van der Waals surface area (Å²) >= 11 is 0. The van der Waals surface area contributed by atoms with Gasteiger partial charge in [-0.1, -0.05) is 0 Å². The molecular weight excluding hydrogens is 432 g/mol. The summed E-state index contributed by atoms with van der Waals surface area (Å²) in [5, 5.41) is 15.3. The topological polar surface area (TPSA) is 40.5 Å². The van der Waals surface area contributed by atoms with Gasteiger partial charge in [-0.05, 0) is 0 Å². The highest BCUT2D eigenvalue weighted by atomic mass is 19.4. The lowest BCUT2D eigenvalue weighted by molar-refractivity contribution is -0.359. The largest absolute Gasteiger partial charge is 0.456 e. The Labute approximate surface area is 131 Å². The fourth-order valence-electron chi connectivity index (χ4n) is 0.721. The third-order valence-corrected chi connectivity index (χ3v) is 2.06. The maximum absolute atomic E-state index is 11.7. The molecule has 0 aromatic rings. The van der Waals surface area contributed by atoms with Crippen molar-refractivity contribution in [2.45, 2.75) is 48.8 Å². The summed E-state index contributed by atoms with van der Waals surface area (Å²) in [6.45, 7) is 0. The highest BCUT2D eigenvalue weighted by Crippen LogP contribution is 2.44. The lowest BCUT2D eigenvalue weighted by Crippen LogP contribution is -2.53. The second kappa shape index (κ2) is 7.43. The normalized spacial score (nSPS) is 17.3. The fraction of sp³-hybridized carbons (Fsp3) is 1.00. The number of hydrogen-bond donors (Lipinski definition) is 2. The van der Waals surface area contributed by atoms with Crippen molar-refractivity contribution in [1.82, 2.24) is 0 Å². The Hall–Kier alpha value is -1.20. The van der Waals surface area contributed by atoms with Crippen molar-refractivity contribution in [2.75, 3.05) is 0 Å². The molecule has 2 unspecified atom stereocenters. The second-order valence-electron chi connectivity index (χ2n) is 4.13. The lowest BCUT2D eigenvalue weighted by atomic mass is 10.2. The highest BCUT2D eigenvalue weighted by molar-refractivity contribution is 4.89. The van der Waals surface area contributed by atoms with Crippen molar-refractivity contribution in [3.63, 3.8) is 0 Å². The van der Waals surface area contributed by atoms with E-state index in [1.165, 1.54) is 0 Å². The number of rotatable bonds is 2. The van der Waals surface area contributed by atoms with Gasteiger partial charge in [-0.2, -0.15) is 70.2 Å². The summed E-state index contributed by atoms with van der Waals surface area (Å²) in [5.41, 5.74) is 0. The first-order chi connectivity index (χ1) is 10.8. The summed E-state index contributed by atoms with van der Waals surface area (Å²) < 4.78 is 182. The molecule has 0 aliphatic rings. The molecule has 0 fully saturated rings. The predicted molar refractivity (Wildman–Crippen MR) is 46.1 cm³/mol. The summed E-state index contributed by atoms with van der Waals surface area (Å²) in [7, 11) is 0. The first-order valence-electron chi connectivity index (χ1n) is 5.19. The van der Waals surface area contributed by atoms with Crippen LogP contribution in [0.3, 0.4) is 0 Å². The number of hydrogen-bond acceptors (Lipinski definition) is 2. The molecule has 0 aliphatic carbocycles. The molecule has 0 heterocycles. The molecule has 2 nitrogen and oxygen atoms in total. The standard InChI is InChI=1S/2C4H2F8O/c2*5-2(6,4(10,11)12)1(13)3(7,8)9/h2*1,13H. The first kappa shape index (κ1) is 27.0. The van der Waals surface area contributed by atoms with Gasteiger partial charge in [0.25, 0.3) is 0 Å². The van der Waals surface area contributed by atoms with Crippen LogP contribution < -0.4 is 0 Å². The van der Waals surface area contributed by atoms with Crippen LogP contribution in [0.15, 0.2) is 0 Å². The van der Waals surface area contributed by atoms with Crippen LogP contribution in [0.1, 0.15) is 0 Å². The number of aliphatic hydroxyl groups excluding tert-OH is 2. The first-order valence-corrected chi connectivity index (χ1v) is 5.19. The van der Waals surface area contributed by atoms with Gasteiger partial charge in [-0.3, -0.25) is 0 Å². The van der Waals surface area contributed by atoms with Crippen molar-refractivity contribution in [3.05, 3.63) is 0 Å². The summed E-state index contributed by atoms with van der Waals surface area (Å²) in [6.07, 6.45) is -34.4. The lowest BCUT2D eigenvalue weighted by Gasteiger charge is -2.25. The van der Waals surface area contributed by atoms with Crippen LogP contribution in [0.5, 0.6) is 0 Å². The SMILES string of the molecule is OC(C(F)(F)F)C(F)(F)C(F)(F)F.OC(C(F)(F)F)C(F)(F)C(F)(F)F. The van der Waals surface area contributed by atoms with Crippen LogP contribution in [0.25, 0.3) is 0 Å². The van der Waals surface area contributed by atoms with E-state index < -0.39 is 48.8 Å². The van der Waals surface area contributed by atoms with Gasteiger partial charge in [0.05, 0.1) is 0 Å². The highest BCUT2D eigenvalue weighted by Gasteiger charge is 2.70. The van der Waals surface area contributed by atoms with Crippen molar-refractivity contribution in [1.29, 1.82) is 0 Å². The zero-order valence-corrected chi connectivity index (χ0v) is 11.1. The van der Waals surface area contributed by atoms with Gasteiger partial charge in [-0.15, -0.1) is 0 Å². The van der Waals surface area contributed by atoms with E-state index in [-0.39, 0.29) is 0 Å². The van der Waals surface area contributed by atoms with Crippen molar-refractivity contribution in [3.8, 4) is 0 Å². The zero-order valence-electron chi connectivity index (χ0n) is 11.1. The van der Waals surface area contributed by atoms with Crippen molar-refractivity contribution < 1.29 is 80.5 Å². The quantitative estimate of drug-likeness (QED) is 0.637. The molecule has 0 saturated heterocycles. The molecule has 0 aromatic carbocycles. The van der Waals surface area contributed by atoms with Crippen LogP contribution in [-0.4, -0.2) is 59.0 Å². The Balaban J connectivity index is 0. The molecule has 0 bridgehead atoms. The molecule has 0 spiro atoms. The molecule has 0 radical (unpaired) electrons. The van der Waals surface area contributed by atoms with Gasteiger partial charge in [0, 0.05) is 0 Å². The van der Waals surface area contributed by atoms with Crippen LogP contribution in [-0.2, 0) is 0 Å². The van der Waals surface area contributed by atoms with E-state index in [9.17, 15) is 70.2 Å². The van der Waals surface area contributed by atoms with Gasteiger partial charge in [0.2, 0.25) is 12.2 Å². The van der Waals surface area contributed by atoms with Crippen LogP contribution in [0.2, 0.25) is 0 Å². The summed E-state index contributed by atoms with van der Waals surface area (Å²) in [4.78, 5) is 0. The minimum atomic E-state index is -6.43.